The Morgan fingerprint density at radius 3 is 2.79 bits per heavy atom. The van der Waals surface area contributed by atoms with Crippen LogP contribution in [0.3, 0.4) is 0 Å². The maximum Gasteiger partial charge on any atom is 0.136 e. The third-order valence-electron chi connectivity index (χ3n) is 2.62. The minimum Gasteiger partial charge on any atom is -0.491 e. The van der Waals surface area contributed by atoms with Crippen molar-refractivity contribution >= 4 is 22.4 Å². The van der Waals surface area contributed by atoms with Crippen LogP contribution in [0.25, 0.3) is 10.8 Å². The lowest BCUT2D eigenvalue weighted by Crippen LogP contribution is -2.09. The number of hydrogen-bond donors (Lipinski definition) is 0. The third kappa shape index (κ3) is 4.06. The average molecular weight is 282 g/mol. The van der Waals surface area contributed by atoms with E-state index in [-0.39, 0.29) is 0 Å². The van der Waals surface area contributed by atoms with Gasteiger partial charge in [-0.25, -0.2) is 4.98 Å². The van der Waals surface area contributed by atoms with Crippen molar-refractivity contribution in [2.24, 2.45) is 0 Å². The van der Waals surface area contributed by atoms with Crippen LogP contribution in [0.5, 0.6) is 5.75 Å². The van der Waals surface area contributed by atoms with E-state index < -0.39 is 0 Å². The second kappa shape index (κ2) is 7.28. The number of fused-ring (bicyclic) bond motifs is 1. The SMILES string of the molecule is COCCOCCOc1ccc2c(Cl)nccc2c1. The van der Waals surface area contributed by atoms with Gasteiger partial charge in [0.1, 0.15) is 17.5 Å². The molecule has 19 heavy (non-hydrogen) atoms. The molecule has 0 saturated carbocycles. The van der Waals surface area contributed by atoms with Gasteiger partial charge in [0, 0.05) is 18.7 Å². The fourth-order valence-corrected chi connectivity index (χ4v) is 1.90. The Kier molecular flexibility index (Phi) is 5.39. The lowest BCUT2D eigenvalue weighted by atomic mass is 10.2. The van der Waals surface area contributed by atoms with Gasteiger partial charge in [-0.2, -0.15) is 0 Å². The van der Waals surface area contributed by atoms with Gasteiger partial charge in [-0.1, -0.05) is 11.6 Å². The third-order valence-corrected chi connectivity index (χ3v) is 2.92. The van der Waals surface area contributed by atoms with Gasteiger partial charge in [-0.3, -0.25) is 0 Å². The number of rotatable bonds is 7. The second-order valence-electron chi connectivity index (χ2n) is 3.94. The quantitative estimate of drug-likeness (QED) is 0.578. The van der Waals surface area contributed by atoms with Gasteiger partial charge in [0.15, 0.2) is 0 Å². The van der Waals surface area contributed by atoms with Crippen LogP contribution in [0.4, 0.5) is 0 Å². The van der Waals surface area contributed by atoms with Crippen molar-refractivity contribution in [3.63, 3.8) is 0 Å². The summed E-state index contributed by atoms with van der Waals surface area (Å²) in [5.74, 6) is 0.796. The molecular formula is C14H16ClNO3. The number of benzene rings is 1. The average Bonchev–Trinajstić information content (AvgIpc) is 2.43. The predicted molar refractivity (Wildman–Crippen MR) is 74.9 cm³/mol. The van der Waals surface area contributed by atoms with Crippen LogP contribution in [0.15, 0.2) is 30.5 Å². The van der Waals surface area contributed by atoms with Gasteiger partial charge in [0.2, 0.25) is 0 Å². The molecule has 0 unspecified atom stereocenters. The van der Waals surface area contributed by atoms with E-state index in [1.807, 2.05) is 24.3 Å². The van der Waals surface area contributed by atoms with E-state index in [1.54, 1.807) is 13.3 Å². The Hall–Kier alpha value is -1.36. The van der Waals surface area contributed by atoms with Crippen molar-refractivity contribution in [1.82, 2.24) is 4.98 Å². The molecule has 0 amide bonds. The number of pyridine rings is 1. The number of aromatic nitrogens is 1. The van der Waals surface area contributed by atoms with E-state index in [9.17, 15) is 0 Å². The lowest BCUT2D eigenvalue weighted by molar-refractivity contribution is 0.0544. The number of halogens is 1. The summed E-state index contributed by atoms with van der Waals surface area (Å²) >= 11 is 6.00. The highest BCUT2D eigenvalue weighted by atomic mass is 35.5. The zero-order chi connectivity index (χ0) is 13.5. The van der Waals surface area contributed by atoms with E-state index in [0.717, 1.165) is 16.5 Å². The van der Waals surface area contributed by atoms with Crippen LogP contribution in [-0.2, 0) is 9.47 Å². The van der Waals surface area contributed by atoms with E-state index in [2.05, 4.69) is 4.98 Å². The maximum absolute atomic E-state index is 6.00. The minimum absolute atomic E-state index is 0.506. The van der Waals surface area contributed by atoms with Crippen molar-refractivity contribution in [3.8, 4) is 5.75 Å². The normalized spacial score (nSPS) is 10.8. The van der Waals surface area contributed by atoms with Crippen LogP contribution in [0.1, 0.15) is 0 Å². The van der Waals surface area contributed by atoms with Crippen molar-refractivity contribution < 1.29 is 14.2 Å². The maximum atomic E-state index is 6.00. The van der Waals surface area contributed by atoms with E-state index >= 15 is 0 Å². The summed E-state index contributed by atoms with van der Waals surface area (Å²) in [5, 5.41) is 2.44. The van der Waals surface area contributed by atoms with Crippen molar-refractivity contribution in [1.29, 1.82) is 0 Å². The standard InChI is InChI=1S/C14H16ClNO3/c1-17-6-7-18-8-9-19-12-2-3-13-11(10-12)4-5-16-14(13)15/h2-5,10H,6-9H2,1H3. The molecule has 0 bridgehead atoms. The van der Waals surface area contributed by atoms with Crippen LogP contribution in [-0.4, -0.2) is 38.5 Å². The molecule has 0 atom stereocenters. The molecule has 0 fully saturated rings. The molecular weight excluding hydrogens is 266 g/mol. The molecule has 0 N–H and O–H groups in total. The van der Waals surface area contributed by atoms with Gasteiger partial charge in [-0.15, -0.1) is 0 Å². The summed E-state index contributed by atoms with van der Waals surface area (Å²) in [4.78, 5) is 4.03. The minimum atomic E-state index is 0.506. The molecule has 2 aromatic rings. The first kappa shape index (κ1) is 14.1. The van der Waals surface area contributed by atoms with Gasteiger partial charge >= 0.3 is 0 Å². The monoisotopic (exact) mass is 281 g/mol. The van der Waals surface area contributed by atoms with Crippen molar-refractivity contribution in [2.45, 2.75) is 0 Å². The Labute approximate surface area is 117 Å². The molecule has 2 rings (SSSR count). The van der Waals surface area contributed by atoms with Gasteiger partial charge in [0.25, 0.3) is 0 Å². The summed E-state index contributed by atoms with van der Waals surface area (Å²) in [6, 6.07) is 7.64. The number of methoxy groups -OCH3 is 1. The summed E-state index contributed by atoms with van der Waals surface area (Å²) in [6.07, 6.45) is 1.68. The van der Waals surface area contributed by atoms with Gasteiger partial charge in [-0.05, 0) is 29.7 Å². The Morgan fingerprint density at radius 2 is 1.95 bits per heavy atom. The first-order valence-electron chi connectivity index (χ1n) is 6.05. The second-order valence-corrected chi connectivity index (χ2v) is 4.30. The summed E-state index contributed by atoms with van der Waals surface area (Å²) in [6.45, 7) is 2.23. The van der Waals surface area contributed by atoms with Gasteiger partial charge < -0.3 is 14.2 Å². The fourth-order valence-electron chi connectivity index (χ4n) is 1.67. The summed E-state index contributed by atoms with van der Waals surface area (Å²) in [5.41, 5.74) is 0. The van der Waals surface area contributed by atoms with Crippen LogP contribution in [0.2, 0.25) is 5.15 Å². The summed E-state index contributed by atoms with van der Waals surface area (Å²) in [7, 11) is 1.65. The molecule has 0 aliphatic rings. The van der Waals surface area contributed by atoms with Gasteiger partial charge in [0.05, 0.1) is 19.8 Å². The highest BCUT2D eigenvalue weighted by Crippen LogP contribution is 2.25. The molecule has 0 radical (unpaired) electrons. The first-order valence-corrected chi connectivity index (χ1v) is 6.43. The molecule has 4 nitrogen and oxygen atoms in total. The lowest BCUT2D eigenvalue weighted by Gasteiger charge is -2.08. The number of nitrogens with zero attached hydrogens (tertiary/aromatic N) is 1. The molecule has 1 heterocycles. The zero-order valence-corrected chi connectivity index (χ0v) is 11.5. The Morgan fingerprint density at radius 1 is 1.11 bits per heavy atom. The molecule has 0 aliphatic heterocycles. The molecule has 0 spiro atoms. The van der Waals surface area contributed by atoms with Crippen molar-refractivity contribution in [3.05, 3.63) is 35.6 Å². The van der Waals surface area contributed by atoms with E-state index in [0.29, 0.717) is 31.6 Å². The molecule has 102 valence electrons. The Bertz CT molecular complexity index is 533. The molecule has 1 aromatic heterocycles. The first-order chi connectivity index (χ1) is 9.31. The van der Waals surface area contributed by atoms with Crippen LogP contribution in [0, 0.1) is 0 Å². The molecule has 0 aliphatic carbocycles. The number of ether oxygens (including phenoxy) is 3. The molecule has 5 heteroatoms. The largest absolute Gasteiger partial charge is 0.491 e. The molecule has 1 aromatic carbocycles. The van der Waals surface area contributed by atoms with E-state index in [4.69, 9.17) is 25.8 Å². The highest BCUT2D eigenvalue weighted by Gasteiger charge is 2.01. The van der Waals surface area contributed by atoms with E-state index in [1.165, 1.54) is 0 Å². The summed E-state index contributed by atoms with van der Waals surface area (Å²) < 4.78 is 15.8. The topological polar surface area (TPSA) is 40.6 Å². The smallest absolute Gasteiger partial charge is 0.136 e. The highest BCUT2D eigenvalue weighted by molar-refractivity contribution is 6.34. The van der Waals surface area contributed by atoms with Crippen LogP contribution >= 0.6 is 11.6 Å². The van der Waals surface area contributed by atoms with Crippen molar-refractivity contribution in [2.75, 3.05) is 33.5 Å². The predicted octanol–water partition coefficient (Wildman–Crippen LogP) is 2.93. The number of hydrogen-bond acceptors (Lipinski definition) is 4. The zero-order valence-electron chi connectivity index (χ0n) is 10.8. The van der Waals surface area contributed by atoms with Crippen LogP contribution < -0.4 is 4.74 Å². The fraction of sp³-hybridized carbons (Fsp3) is 0.357. The molecule has 0 saturated heterocycles. The Balaban J connectivity index is 1.88.